The number of carbonyl (C=O) groups is 2. The first-order valence-electron chi connectivity index (χ1n) is 6.05. The minimum atomic E-state index is -0.522. The zero-order valence-corrected chi connectivity index (χ0v) is 11.1. The van der Waals surface area contributed by atoms with Crippen molar-refractivity contribution in [1.29, 1.82) is 0 Å². The molecule has 5 nitrogen and oxygen atoms in total. The average molecular weight is 268 g/mol. The van der Waals surface area contributed by atoms with E-state index < -0.39 is 5.97 Å². The molecule has 0 atom stereocenters. The molecule has 0 aromatic heterocycles. The Labute approximate surface area is 110 Å². The summed E-state index contributed by atoms with van der Waals surface area (Å²) in [5.74, 6) is -0.800. The Bertz CT molecular complexity index is 412. The molecule has 0 bridgehead atoms. The van der Waals surface area contributed by atoms with E-state index in [0.29, 0.717) is 16.1 Å². The van der Waals surface area contributed by atoms with Gasteiger partial charge in [-0.15, -0.1) is 0 Å². The predicted molar refractivity (Wildman–Crippen MR) is 70.1 cm³/mol. The molecule has 1 amide bonds. The number of thioether (sulfide) groups is 1. The first-order chi connectivity index (χ1) is 8.69. The third kappa shape index (κ3) is 3.35. The molecular formula is C12H16N2O3S. The van der Waals surface area contributed by atoms with E-state index in [4.69, 9.17) is 0 Å². The molecule has 0 unspecified atom stereocenters. The number of esters is 1. The largest absolute Gasteiger partial charge is 0.466 e. The van der Waals surface area contributed by atoms with E-state index in [0.717, 1.165) is 12.8 Å². The van der Waals surface area contributed by atoms with E-state index >= 15 is 0 Å². The number of amides is 1. The van der Waals surface area contributed by atoms with Gasteiger partial charge < -0.3 is 10.1 Å². The summed E-state index contributed by atoms with van der Waals surface area (Å²) in [5.41, 5.74) is 0. The molecular weight excluding hydrogens is 252 g/mol. The van der Waals surface area contributed by atoms with Crippen molar-refractivity contribution < 1.29 is 14.3 Å². The summed E-state index contributed by atoms with van der Waals surface area (Å²) >= 11 is 1.21. The number of rotatable bonds is 2. The van der Waals surface area contributed by atoms with E-state index in [1.54, 1.807) is 0 Å². The fourth-order valence-corrected chi connectivity index (χ4v) is 2.88. The topological polar surface area (TPSA) is 67.8 Å². The zero-order valence-electron chi connectivity index (χ0n) is 10.3. The highest BCUT2D eigenvalue weighted by Gasteiger charge is 2.26. The van der Waals surface area contributed by atoms with Crippen molar-refractivity contribution in [3.05, 3.63) is 11.0 Å². The summed E-state index contributed by atoms with van der Waals surface area (Å²) in [6, 6.07) is 0.305. The highest BCUT2D eigenvalue weighted by Crippen LogP contribution is 2.27. The highest BCUT2D eigenvalue weighted by atomic mass is 32.2. The standard InChI is InChI=1S/C12H16N2O3S/c1-17-10(15)7-9-11(16)14-12(18-9)13-8-5-3-2-4-6-8/h7-8H,2-6H2,1H3,(H,13,14,16). The third-order valence-corrected chi connectivity index (χ3v) is 3.90. The zero-order chi connectivity index (χ0) is 13.0. The second-order valence-electron chi connectivity index (χ2n) is 4.31. The first-order valence-corrected chi connectivity index (χ1v) is 6.87. The Morgan fingerprint density at radius 3 is 2.83 bits per heavy atom. The normalized spacial score (nSPS) is 25.5. The lowest BCUT2D eigenvalue weighted by atomic mass is 9.96. The van der Waals surface area contributed by atoms with Gasteiger partial charge in [-0.25, -0.2) is 4.79 Å². The van der Waals surface area contributed by atoms with Gasteiger partial charge in [0.05, 0.1) is 18.1 Å². The van der Waals surface area contributed by atoms with Crippen LogP contribution in [0.4, 0.5) is 0 Å². The molecule has 2 aliphatic rings. The molecule has 1 aliphatic heterocycles. The maximum Gasteiger partial charge on any atom is 0.331 e. The fourth-order valence-electron chi connectivity index (χ4n) is 2.03. The minimum Gasteiger partial charge on any atom is -0.466 e. The SMILES string of the molecule is COC(=O)C=C1SC(=NC2CCCCC2)NC1=O. The van der Waals surface area contributed by atoms with E-state index in [9.17, 15) is 9.59 Å². The molecule has 1 heterocycles. The van der Waals surface area contributed by atoms with Crippen LogP contribution in [-0.4, -0.2) is 30.2 Å². The van der Waals surface area contributed by atoms with Crippen molar-refractivity contribution in [2.24, 2.45) is 4.99 Å². The summed E-state index contributed by atoms with van der Waals surface area (Å²) in [5, 5.41) is 3.28. The Morgan fingerprint density at radius 1 is 1.44 bits per heavy atom. The Kier molecular flexibility index (Phi) is 4.41. The van der Waals surface area contributed by atoms with Crippen molar-refractivity contribution in [2.45, 2.75) is 38.1 Å². The molecule has 0 radical (unpaired) electrons. The summed E-state index contributed by atoms with van der Waals surface area (Å²) in [6.07, 6.45) is 7.03. The maximum atomic E-state index is 11.6. The molecule has 18 heavy (non-hydrogen) atoms. The summed E-state index contributed by atoms with van der Waals surface area (Å²) in [4.78, 5) is 27.5. The van der Waals surface area contributed by atoms with Crippen LogP contribution in [0, 0.1) is 0 Å². The molecule has 2 fully saturated rings. The van der Waals surface area contributed by atoms with Crippen LogP contribution in [0.15, 0.2) is 16.0 Å². The quantitative estimate of drug-likeness (QED) is 0.610. The first kappa shape index (κ1) is 13.1. The van der Waals surface area contributed by atoms with Crippen LogP contribution in [0.25, 0.3) is 0 Å². The van der Waals surface area contributed by atoms with Gasteiger partial charge >= 0.3 is 5.97 Å². The third-order valence-electron chi connectivity index (χ3n) is 2.98. The van der Waals surface area contributed by atoms with Gasteiger partial charge in [0.1, 0.15) is 0 Å². The van der Waals surface area contributed by atoms with Gasteiger partial charge in [-0.05, 0) is 24.6 Å². The summed E-state index contributed by atoms with van der Waals surface area (Å²) in [7, 11) is 1.29. The number of ether oxygens (including phenoxy) is 1. The van der Waals surface area contributed by atoms with Gasteiger partial charge in [0.15, 0.2) is 5.17 Å². The Hall–Kier alpha value is -1.30. The van der Waals surface area contributed by atoms with E-state index in [1.165, 1.54) is 44.2 Å². The van der Waals surface area contributed by atoms with Crippen molar-refractivity contribution in [3.63, 3.8) is 0 Å². The molecule has 1 N–H and O–H groups in total. The van der Waals surface area contributed by atoms with Crippen molar-refractivity contribution in [3.8, 4) is 0 Å². The van der Waals surface area contributed by atoms with Crippen LogP contribution in [0.5, 0.6) is 0 Å². The van der Waals surface area contributed by atoms with Crippen LogP contribution in [-0.2, 0) is 14.3 Å². The highest BCUT2D eigenvalue weighted by molar-refractivity contribution is 8.18. The van der Waals surface area contributed by atoms with E-state index in [1.807, 2.05) is 0 Å². The number of hydrogen-bond donors (Lipinski definition) is 1. The lowest BCUT2D eigenvalue weighted by Crippen LogP contribution is -2.22. The molecule has 2 rings (SSSR count). The lowest BCUT2D eigenvalue weighted by Gasteiger charge is -2.17. The minimum absolute atomic E-state index is 0.278. The molecule has 1 saturated heterocycles. The van der Waals surface area contributed by atoms with Crippen molar-refractivity contribution in [2.75, 3.05) is 7.11 Å². The van der Waals surface area contributed by atoms with Crippen LogP contribution in [0.1, 0.15) is 32.1 Å². The van der Waals surface area contributed by atoms with Crippen molar-refractivity contribution in [1.82, 2.24) is 5.32 Å². The number of nitrogens with zero attached hydrogens (tertiary/aromatic N) is 1. The summed E-state index contributed by atoms with van der Waals surface area (Å²) in [6.45, 7) is 0. The van der Waals surface area contributed by atoms with Crippen LogP contribution in [0.3, 0.4) is 0 Å². The lowest BCUT2D eigenvalue weighted by molar-refractivity contribution is -0.135. The predicted octanol–water partition coefficient (Wildman–Crippen LogP) is 1.59. The Balaban J connectivity index is 2.01. The maximum absolute atomic E-state index is 11.6. The van der Waals surface area contributed by atoms with Crippen LogP contribution >= 0.6 is 11.8 Å². The molecule has 1 saturated carbocycles. The monoisotopic (exact) mass is 268 g/mol. The molecule has 6 heteroatoms. The van der Waals surface area contributed by atoms with E-state index in [2.05, 4.69) is 15.0 Å². The van der Waals surface area contributed by atoms with Gasteiger partial charge in [0.2, 0.25) is 0 Å². The van der Waals surface area contributed by atoms with Gasteiger partial charge in [-0.1, -0.05) is 19.3 Å². The second-order valence-corrected chi connectivity index (χ2v) is 5.34. The van der Waals surface area contributed by atoms with Gasteiger partial charge in [0.25, 0.3) is 5.91 Å². The number of amidine groups is 1. The van der Waals surface area contributed by atoms with Gasteiger partial charge in [-0.2, -0.15) is 0 Å². The number of carbonyl (C=O) groups excluding carboxylic acids is 2. The van der Waals surface area contributed by atoms with E-state index in [-0.39, 0.29) is 5.91 Å². The smallest absolute Gasteiger partial charge is 0.331 e. The van der Waals surface area contributed by atoms with Crippen molar-refractivity contribution >= 4 is 28.8 Å². The molecule has 1 aliphatic carbocycles. The molecule has 0 aromatic carbocycles. The second kappa shape index (κ2) is 6.04. The van der Waals surface area contributed by atoms with Crippen LogP contribution in [0.2, 0.25) is 0 Å². The number of methoxy groups -OCH3 is 1. The van der Waals surface area contributed by atoms with Gasteiger partial charge in [0, 0.05) is 6.08 Å². The number of hydrogen-bond acceptors (Lipinski definition) is 5. The fraction of sp³-hybridized carbons (Fsp3) is 0.583. The van der Waals surface area contributed by atoms with Crippen LogP contribution < -0.4 is 5.32 Å². The average Bonchev–Trinajstić information content (AvgIpc) is 2.70. The molecule has 98 valence electrons. The number of aliphatic imine (C=N–C) groups is 1. The molecule has 0 aromatic rings. The number of nitrogens with one attached hydrogen (secondary N) is 1. The summed E-state index contributed by atoms with van der Waals surface area (Å²) < 4.78 is 4.50. The molecule has 0 spiro atoms. The van der Waals surface area contributed by atoms with Gasteiger partial charge in [-0.3, -0.25) is 9.79 Å². The Morgan fingerprint density at radius 2 is 2.17 bits per heavy atom.